The van der Waals surface area contributed by atoms with Crippen molar-refractivity contribution in [2.24, 2.45) is 11.7 Å². The highest BCUT2D eigenvalue weighted by atomic mass is 79.9. The molecule has 1 rings (SSSR count). The number of hydrogen-bond acceptors (Lipinski definition) is 3. The number of likely N-dealkylation sites (N-methyl/N-ethyl adjacent to an activating group) is 1. The molecule has 0 aliphatic heterocycles. The summed E-state index contributed by atoms with van der Waals surface area (Å²) in [6.07, 6.45) is 0. The predicted molar refractivity (Wildman–Crippen MR) is 87.2 cm³/mol. The highest BCUT2D eigenvalue weighted by Gasteiger charge is 2.21. The van der Waals surface area contributed by atoms with E-state index < -0.39 is 6.04 Å². The van der Waals surface area contributed by atoms with Crippen LogP contribution in [0.25, 0.3) is 0 Å². The number of carbonyl (C=O) groups excluding carboxylic acids is 1. The number of benzene rings is 1. The van der Waals surface area contributed by atoms with E-state index in [1.165, 1.54) is 0 Å². The summed E-state index contributed by atoms with van der Waals surface area (Å²) < 4.78 is 6.25. The van der Waals surface area contributed by atoms with E-state index in [2.05, 4.69) is 15.9 Å². The molecule has 0 fully saturated rings. The fourth-order valence-electron chi connectivity index (χ4n) is 1.74. The van der Waals surface area contributed by atoms with Gasteiger partial charge in [-0.3, -0.25) is 4.79 Å². The Morgan fingerprint density at radius 2 is 2.05 bits per heavy atom. The first-order valence-corrected chi connectivity index (χ1v) is 6.99. The predicted octanol–water partition coefficient (Wildman–Crippen LogP) is 2.82. The summed E-state index contributed by atoms with van der Waals surface area (Å²) in [6, 6.07) is 5.26. The van der Waals surface area contributed by atoms with Crippen LogP contribution in [0.15, 0.2) is 22.7 Å². The zero-order chi connectivity index (χ0) is 14.6. The summed E-state index contributed by atoms with van der Waals surface area (Å²) in [4.78, 5) is 13.8. The average Bonchev–Trinajstić information content (AvgIpc) is 2.37. The van der Waals surface area contributed by atoms with Crippen molar-refractivity contribution in [1.82, 2.24) is 4.90 Å². The lowest BCUT2D eigenvalue weighted by molar-refractivity contribution is -0.132. The molecule has 0 radical (unpaired) electrons. The van der Waals surface area contributed by atoms with E-state index in [9.17, 15) is 4.79 Å². The number of rotatable bonds is 5. The van der Waals surface area contributed by atoms with Gasteiger partial charge in [0, 0.05) is 23.6 Å². The topological polar surface area (TPSA) is 55.6 Å². The second kappa shape index (κ2) is 8.49. The lowest BCUT2D eigenvalue weighted by atomic mass is 10.0. The minimum absolute atomic E-state index is 0. The van der Waals surface area contributed by atoms with E-state index in [1.807, 2.05) is 32.0 Å². The summed E-state index contributed by atoms with van der Waals surface area (Å²) in [5.41, 5.74) is 6.83. The molecular formula is C14H22BrClN2O2. The Morgan fingerprint density at radius 1 is 1.45 bits per heavy atom. The van der Waals surface area contributed by atoms with Crippen LogP contribution in [-0.2, 0) is 11.3 Å². The lowest BCUT2D eigenvalue weighted by Gasteiger charge is -2.24. The first-order chi connectivity index (χ1) is 8.86. The van der Waals surface area contributed by atoms with E-state index in [1.54, 1.807) is 19.1 Å². The molecule has 0 aliphatic rings. The number of nitrogens with two attached hydrogens (primary N) is 1. The van der Waals surface area contributed by atoms with E-state index in [4.69, 9.17) is 10.5 Å². The van der Waals surface area contributed by atoms with Crippen molar-refractivity contribution in [2.45, 2.75) is 26.4 Å². The molecule has 114 valence electrons. The van der Waals surface area contributed by atoms with Gasteiger partial charge in [-0.05, 0) is 24.1 Å². The maximum atomic E-state index is 12.1. The number of amides is 1. The van der Waals surface area contributed by atoms with Gasteiger partial charge in [-0.15, -0.1) is 12.4 Å². The Kier molecular flexibility index (Phi) is 8.16. The second-order valence-corrected chi connectivity index (χ2v) is 5.84. The van der Waals surface area contributed by atoms with Crippen molar-refractivity contribution in [3.8, 4) is 5.75 Å². The molecule has 20 heavy (non-hydrogen) atoms. The van der Waals surface area contributed by atoms with Crippen LogP contribution in [0, 0.1) is 5.92 Å². The molecule has 1 aromatic carbocycles. The number of hydrogen-bond donors (Lipinski definition) is 1. The van der Waals surface area contributed by atoms with Gasteiger partial charge >= 0.3 is 0 Å². The molecule has 6 heteroatoms. The second-order valence-electron chi connectivity index (χ2n) is 4.92. The third kappa shape index (κ3) is 4.96. The molecule has 4 nitrogen and oxygen atoms in total. The molecule has 0 aromatic heterocycles. The van der Waals surface area contributed by atoms with Crippen LogP contribution >= 0.6 is 28.3 Å². The number of nitrogens with zero attached hydrogens (tertiary/aromatic N) is 1. The van der Waals surface area contributed by atoms with E-state index in [-0.39, 0.29) is 24.2 Å². The highest BCUT2D eigenvalue weighted by Crippen LogP contribution is 2.24. The minimum Gasteiger partial charge on any atom is -0.496 e. The number of methoxy groups -OCH3 is 1. The van der Waals surface area contributed by atoms with Crippen LogP contribution in [-0.4, -0.2) is 31.0 Å². The molecule has 1 aromatic rings. The number of halogens is 2. The van der Waals surface area contributed by atoms with Crippen LogP contribution in [0.3, 0.4) is 0 Å². The Hall–Kier alpha value is -0.780. The summed E-state index contributed by atoms with van der Waals surface area (Å²) in [6.45, 7) is 4.36. The third-order valence-corrected chi connectivity index (χ3v) is 3.52. The van der Waals surface area contributed by atoms with Crippen LogP contribution in [0.4, 0.5) is 0 Å². The largest absolute Gasteiger partial charge is 0.496 e. The molecular weight excluding hydrogens is 344 g/mol. The van der Waals surface area contributed by atoms with Crippen molar-refractivity contribution in [2.75, 3.05) is 14.2 Å². The quantitative estimate of drug-likeness (QED) is 0.873. The standard InChI is InChI=1S/C14H21BrN2O2.ClH/c1-9(2)13(16)14(18)17(3)8-10-7-11(15)5-6-12(10)19-4;/h5-7,9,13H,8,16H2,1-4H3;1H/t13-;/m0./s1. The molecule has 0 spiro atoms. The van der Waals surface area contributed by atoms with Crippen molar-refractivity contribution in [1.29, 1.82) is 0 Å². The van der Waals surface area contributed by atoms with Gasteiger partial charge in [-0.2, -0.15) is 0 Å². The zero-order valence-electron chi connectivity index (χ0n) is 12.2. The molecule has 0 aliphatic carbocycles. The molecule has 0 bridgehead atoms. The lowest BCUT2D eigenvalue weighted by Crippen LogP contribution is -2.44. The molecule has 2 N–H and O–H groups in total. The Bertz CT molecular complexity index is 455. The number of ether oxygens (including phenoxy) is 1. The number of carbonyl (C=O) groups is 1. The van der Waals surface area contributed by atoms with Gasteiger partial charge in [0.2, 0.25) is 5.91 Å². The van der Waals surface area contributed by atoms with Crippen molar-refractivity contribution < 1.29 is 9.53 Å². The maximum Gasteiger partial charge on any atom is 0.239 e. The van der Waals surface area contributed by atoms with E-state index >= 15 is 0 Å². The fourth-order valence-corrected chi connectivity index (χ4v) is 2.15. The third-order valence-electron chi connectivity index (χ3n) is 3.03. The van der Waals surface area contributed by atoms with Gasteiger partial charge in [0.25, 0.3) is 0 Å². The van der Waals surface area contributed by atoms with Crippen LogP contribution in [0.2, 0.25) is 0 Å². The molecule has 0 unspecified atom stereocenters. The minimum atomic E-state index is -0.469. The van der Waals surface area contributed by atoms with Gasteiger partial charge in [0.1, 0.15) is 5.75 Å². The average molecular weight is 366 g/mol. The Labute approximate surface area is 135 Å². The SMILES string of the molecule is COc1ccc(Br)cc1CN(C)C(=O)[C@@H](N)C(C)C.Cl. The smallest absolute Gasteiger partial charge is 0.239 e. The summed E-state index contributed by atoms with van der Waals surface area (Å²) in [5.74, 6) is 0.831. The highest BCUT2D eigenvalue weighted by molar-refractivity contribution is 9.10. The van der Waals surface area contributed by atoms with Gasteiger partial charge in [0.05, 0.1) is 13.2 Å². The maximum absolute atomic E-state index is 12.1. The fraction of sp³-hybridized carbons (Fsp3) is 0.500. The summed E-state index contributed by atoms with van der Waals surface area (Å²) >= 11 is 3.42. The summed E-state index contributed by atoms with van der Waals surface area (Å²) in [7, 11) is 3.37. The van der Waals surface area contributed by atoms with Gasteiger partial charge < -0.3 is 15.4 Å². The molecule has 0 heterocycles. The van der Waals surface area contributed by atoms with E-state index in [0.717, 1.165) is 15.8 Å². The van der Waals surface area contributed by atoms with Crippen LogP contribution in [0.5, 0.6) is 5.75 Å². The molecule has 0 saturated heterocycles. The molecule has 0 saturated carbocycles. The normalized spacial score (nSPS) is 11.8. The van der Waals surface area contributed by atoms with Crippen LogP contribution in [0.1, 0.15) is 19.4 Å². The Morgan fingerprint density at radius 3 is 2.55 bits per heavy atom. The van der Waals surface area contributed by atoms with Crippen molar-refractivity contribution in [3.63, 3.8) is 0 Å². The molecule has 1 atom stereocenters. The van der Waals surface area contributed by atoms with Gasteiger partial charge in [-0.25, -0.2) is 0 Å². The van der Waals surface area contributed by atoms with Crippen molar-refractivity contribution in [3.05, 3.63) is 28.2 Å². The van der Waals surface area contributed by atoms with Crippen LogP contribution < -0.4 is 10.5 Å². The first-order valence-electron chi connectivity index (χ1n) is 6.19. The van der Waals surface area contributed by atoms with E-state index in [0.29, 0.717) is 6.54 Å². The van der Waals surface area contributed by atoms with Gasteiger partial charge in [0.15, 0.2) is 0 Å². The Balaban J connectivity index is 0.00000361. The van der Waals surface area contributed by atoms with Crippen molar-refractivity contribution >= 4 is 34.2 Å². The summed E-state index contributed by atoms with van der Waals surface area (Å²) in [5, 5.41) is 0. The van der Waals surface area contributed by atoms with Gasteiger partial charge in [-0.1, -0.05) is 29.8 Å². The molecule has 1 amide bonds. The first kappa shape index (κ1) is 19.2. The zero-order valence-corrected chi connectivity index (χ0v) is 14.6. The monoisotopic (exact) mass is 364 g/mol.